The van der Waals surface area contributed by atoms with E-state index in [-0.39, 0.29) is 11.9 Å². The first-order valence-electron chi connectivity index (χ1n) is 12.9. The van der Waals surface area contributed by atoms with Gasteiger partial charge in [0.2, 0.25) is 0 Å². The van der Waals surface area contributed by atoms with Gasteiger partial charge in [0.1, 0.15) is 5.75 Å². The molecule has 1 heterocycles. The van der Waals surface area contributed by atoms with Crippen molar-refractivity contribution in [3.05, 3.63) is 42.0 Å². The molecule has 33 heavy (non-hydrogen) atoms. The van der Waals surface area contributed by atoms with Crippen molar-refractivity contribution in [2.75, 3.05) is 19.7 Å². The average Bonchev–Trinajstić information content (AvgIpc) is 2.80. The topological polar surface area (TPSA) is 38.8 Å². The van der Waals surface area contributed by atoms with Gasteiger partial charge in [0.25, 0.3) is 0 Å². The zero-order valence-electron chi connectivity index (χ0n) is 20.9. The Morgan fingerprint density at radius 1 is 1.00 bits per heavy atom. The van der Waals surface area contributed by atoms with E-state index in [4.69, 9.17) is 9.47 Å². The summed E-state index contributed by atoms with van der Waals surface area (Å²) in [5.41, 5.74) is 1.73. The third-order valence-electron chi connectivity index (χ3n) is 7.75. The normalized spacial score (nSPS) is 22.9. The maximum atomic E-state index is 12.1. The number of fused-ring (bicyclic) bond motifs is 1. The van der Waals surface area contributed by atoms with Crippen LogP contribution < -0.4 is 4.74 Å². The second kappa shape index (κ2) is 10.5. The number of nitrogens with zero attached hydrogens (tertiary/aromatic N) is 1. The zero-order chi connectivity index (χ0) is 23.4. The van der Waals surface area contributed by atoms with Crippen molar-refractivity contribution >= 4 is 16.7 Å². The predicted molar refractivity (Wildman–Crippen MR) is 134 cm³/mol. The van der Waals surface area contributed by atoms with Crippen molar-refractivity contribution in [1.82, 2.24) is 4.90 Å². The van der Waals surface area contributed by atoms with Crippen LogP contribution in [0.2, 0.25) is 0 Å². The third-order valence-corrected chi connectivity index (χ3v) is 7.75. The summed E-state index contributed by atoms with van der Waals surface area (Å²) in [6, 6.07) is 13.1. The summed E-state index contributed by atoms with van der Waals surface area (Å²) in [7, 11) is 0. The minimum Gasteiger partial charge on any atom is -0.490 e. The van der Waals surface area contributed by atoms with Crippen molar-refractivity contribution < 1.29 is 14.3 Å². The van der Waals surface area contributed by atoms with Crippen LogP contribution in [0.4, 0.5) is 0 Å². The molecule has 2 fully saturated rings. The van der Waals surface area contributed by atoms with Crippen LogP contribution in [0, 0.1) is 17.3 Å². The van der Waals surface area contributed by atoms with E-state index >= 15 is 0 Å². The quantitative estimate of drug-likeness (QED) is 0.464. The van der Waals surface area contributed by atoms with Crippen molar-refractivity contribution in [3.8, 4) is 5.75 Å². The van der Waals surface area contributed by atoms with E-state index in [0.717, 1.165) is 57.0 Å². The summed E-state index contributed by atoms with van der Waals surface area (Å²) in [4.78, 5) is 14.5. The molecule has 1 saturated heterocycles. The Hall–Kier alpha value is -2.07. The molecule has 0 unspecified atom stereocenters. The van der Waals surface area contributed by atoms with Gasteiger partial charge in [-0.25, -0.2) is 0 Å². The Kier molecular flexibility index (Phi) is 7.63. The maximum absolute atomic E-state index is 12.1. The Labute approximate surface area is 199 Å². The van der Waals surface area contributed by atoms with Crippen LogP contribution in [0.25, 0.3) is 10.8 Å². The Bertz CT molecular complexity index is 932. The molecule has 0 radical (unpaired) electrons. The highest BCUT2D eigenvalue weighted by molar-refractivity contribution is 5.87. The van der Waals surface area contributed by atoms with Gasteiger partial charge in [-0.1, -0.05) is 45.0 Å². The fourth-order valence-corrected chi connectivity index (χ4v) is 5.59. The van der Waals surface area contributed by atoms with E-state index in [1.54, 1.807) is 0 Å². The molecule has 0 atom stereocenters. The summed E-state index contributed by atoms with van der Waals surface area (Å²) < 4.78 is 11.7. The number of carbonyl (C=O) groups excluding carboxylic acids is 1. The van der Waals surface area contributed by atoms with Gasteiger partial charge in [0.15, 0.2) is 0 Å². The van der Waals surface area contributed by atoms with Crippen molar-refractivity contribution in [2.45, 2.75) is 78.9 Å². The number of carbonyl (C=O) groups is 1. The van der Waals surface area contributed by atoms with Crippen molar-refractivity contribution in [3.63, 3.8) is 0 Å². The van der Waals surface area contributed by atoms with E-state index in [1.807, 2.05) is 6.92 Å². The summed E-state index contributed by atoms with van der Waals surface area (Å²) in [6.45, 7) is 12.2. The second-order valence-electron chi connectivity index (χ2n) is 11.1. The van der Waals surface area contributed by atoms with Gasteiger partial charge in [-0.3, -0.25) is 9.69 Å². The van der Waals surface area contributed by atoms with E-state index in [1.165, 1.54) is 29.2 Å². The molecule has 1 aliphatic carbocycles. The standard InChI is InChI=1S/C29H41NO3/c1-5-32-28(31)22-15-17-30(18-16-22)20-23-8-6-7-21-9-12-26(19-27(21)23)33-25-13-10-24(11-14-25)29(2,3)4/h6-9,12,19,22,24-25H,5,10-11,13-18,20H2,1-4H3. The van der Waals surface area contributed by atoms with Crippen molar-refractivity contribution in [2.24, 2.45) is 17.3 Å². The summed E-state index contributed by atoms with van der Waals surface area (Å²) >= 11 is 0. The lowest BCUT2D eigenvalue weighted by molar-refractivity contribution is -0.149. The first kappa shape index (κ1) is 24.1. The van der Waals surface area contributed by atoms with Gasteiger partial charge in [0.05, 0.1) is 18.6 Å². The summed E-state index contributed by atoms with van der Waals surface area (Å²) in [5.74, 6) is 1.83. The molecular formula is C29H41NO3. The third kappa shape index (κ3) is 6.09. The molecule has 0 spiro atoms. The number of hydrogen-bond donors (Lipinski definition) is 0. The van der Waals surface area contributed by atoms with Crippen LogP contribution in [-0.2, 0) is 16.1 Å². The molecule has 4 heteroatoms. The predicted octanol–water partition coefficient (Wildman–Crippen LogP) is 6.60. The van der Waals surface area contributed by atoms with E-state index in [0.29, 0.717) is 18.1 Å². The number of ether oxygens (including phenoxy) is 2. The van der Waals surface area contributed by atoms with Crippen LogP contribution in [0.1, 0.15) is 71.8 Å². The Morgan fingerprint density at radius 2 is 1.73 bits per heavy atom. The molecule has 2 aromatic carbocycles. The first-order chi connectivity index (χ1) is 15.8. The van der Waals surface area contributed by atoms with E-state index in [9.17, 15) is 4.79 Å². The highest BCUT2D eigenvalue weighted by Gasteiger charge is 2.30. The fourth-order valence-electron chi connectivity index (χ4n) is 5.59. The van der Waals surface area contributed by atoms with Crippen LogP contribution >= 0.6 is 0 Å². The first-order valence-corrected chi connectivity index (χ1v) is 12.9. The number of likely N-dealkylation sites (tertiary alicyclic amines) is 1. The lowest BCUT2D eigenvalue weighted by Gasteiger charge is -2.37. The summed E-state index contributed by atoms with van der Waals surface area (Å²) in [5, 5.41) is 2.54. The second-order valence-corrected chi connectivity index (χ2v) is 11.1. The fraction of sp³-hybridized carbons (Fsp3) is 0.621. The minimum absolute atomic E-state index is 0.0272. The SMILES string of the molecule is CCOC(=O)C1CCN(Cc2cccc3ccc(OC4CCC(C(C)(C)C)CC4)cc23)CC1. The van der Waals surface area contributed by atoms with Crippen LogP contribution in [0.3, 0.4) is 0 Å². The summed E-state index contributed by atoms with van der Waals surface area (Å²) in [6.07, 6.45) is 6.91. The lowest BCUT2D eigenvalue weighted by Crippen LogP contribution is -2.36. The average molecular weight is 452 g/mol. The lowest BCUT2D eigenvalue weighted by atomic mass is 9.72. The molecule has 0 bridgehead atoms. The molecule has 2 aliphatic rings. The van der Waals surface area contributed by atoms with Gasteiger partial charge in [0, 0.05) is 6.54 Å². The highest BCUT2D eigenvalue weighted by atomic mass is 16.5. The molecule has 0 aromatic heterocycles. The maximum Gasteiger partial charge on any atom is 0.309 e. The molecular weight excluding hydrogens is 410 g/mol. The largest absolute Gasteiger partial charge is 0.490 e. The monoisotopic (exact) mass is 451 g/mol. The smallest absolute Gasteiger partial charge is 0.309 e. The van der Waals surface area contributed by atoms with Crippen LogP contribution in [0.5, 0.6) is 5.75 Å². The van der Waals surface area contributed by atoms with Gasteiger partial charge in [-0.15, -0.1) is 0 Å². The molecule has 1 aliphatic heterocycles. The molecule has 0 N–H and O–H groups in total. The van der Waals surface area contributed by atoms with Gasteiger partial charge in [-0.05, 0) is 98.3 Å². The number of esters is 1. The van der Waals surface area contributed by atoms with Crippen LogP contribution in [-0.4, -0.2) is 36.7 Å². The molecule has 4 rings (SSSR count). The molecule has 0 amide bonds. The van der Waals surface area contributed by atoms with Crippen molar-refractivity contribution in [1.29, 1.82) is 0 Å². The number of rotatable bonds is 6. The molecule has 4 nitrogen and oxygen atoms in total. The number of benzene rings is 2. The molecule has 2 aromatic rings. The highest BCUT2D eigenvalue weighted by Crippen LogP contribution is 2.39. The molecule has 1 saturated carbocycles. The van der Waals surface area contributed by atoms with Gasteiger partial charge >= 0.3 is 5.97 Å². The number of piperidine rings is 1. The van der Waals surface area contributed by atoms with Gasteiger partial charge in [-0.2, -0.15) is 0 Å². The van der Waals surface area contributed by atoms with Crippen LogP contribution in [0.15, 0.2) is 36.4 Å². The van der Waals surface area contributed by atoms with Gasteiger partial charge < -0.3 is 9.47 Å². The Morgan fingerprint density at radius 3 is 2.39 bits per heavy atom. The molecule has 180 valence electrons. The van der Waals surface area contributed by atoms with E-state index < -0.39 is 0 Å². The van der Waals surface area contributed by atoms with E-state index in [2.05, 4.69) is 62.1 Å². The Balaban J connectivity index is 1.39. The minimum atomic E-state index is -0.0272. The zero-order valence-corrected chi connectivity index (χ0v) is 20.9. The number of hydrogen-bond acceptors (Lipinski definition) is 4.